The molecule has 0 saturated heterocycles. The normalized spacial score (nSPS) is 22.8. The van der Waals surface area contributed by atoms with Crippen LogP contribution >= 0.6 is 0 Å². The topological polar surface area (TPSA) is 21.3 Å². The Labute approximate surface area is 117 Å². The lowest BCUT2D eigenvalue weighted by atomic mass is 9.81. The quantitative estimate of drug-likeness (QED) is 0.869. The number of nitrogens with one attached hydrogen (secondary N) is 1. The Morgan fingerprint density at radius 2 is 2.00 bits per heavy atom. The zero-order valence-electron chi connectivity index (χ0n) is 13.1. The van der Waals surface area contributed by atoms with E-state index in [4.69, 9.17) is 4.74 Å². The molecule has 106 valence electrons. The van der Waals surface area contributed by atoms with E-state index in [1.807, 2.05) is 7.05 Å². The summed E-state index contributed by atoms with van der Waals surface area (Å²) >= 11 is 0. The second-order valence-electron chi connectivity index (χ2n) is 6.67. The number of hydrogen-bond acceptors (Lipinski definition) is 2. The molecule has 2 atom stereocenters. The van der Waals surface area contributed by atoms with Gasteiger partial charge >= 0.3 is 0 Å². The van der Waals surface area contributed by atoms with E-state index in [1.165, 1.54) is 16.7 Å². The maximum Gasteiger partial charge on any atom is 0.128 e. The van der Waals surface area contributed by atoms with Gasteiger partial charge in [0.2, 0.25) is 0 Å². The summed E-state index contributed by atoms with van der Waals surface area (Å²) in [6.07, 6.45) is 2.39. The summed E-state index contributed by atoms with van der Waals surface area (Å²) in [5.41, 5.74) is 4.20. The summed E-state index contributed by atoms with van der Waals surface area (Å²) in [4.78, 5) is 0. The van der Waals surface area contributed by atoms with E-state index in [-0.39, 0.29) is 11.5 Å². The van der Waals surface area contributed by atoms with Gasteiger partial charge in [-0.1, -0.05) is 39.8 Å². The molecule has 2 nitrogen and oxygen atoms in total. The van der Waals surface area contributed by atoms with E-state index in [0.29, 0.717) is 6.04 Å². The summed E-state index contributed by atoms with van der Waals surface area (Å²) in [6.45, 7) is 11.2. The first-order chi connectivity index (χ1) is 8.86. The van der Waals surface area contributed by atoms with Crippen molar-refractivity contribution >= 4 is 0 Å². The van der Waals surface area contributed by atoms with E-state index < -0.39 is 0 Å². The van der Waals surface area contributed by atoms with Crippen molar-refractivity contribution in [1.82, 2.24) is 5.32 Å². The van der Waals surface area contributed by atoms with Crippen LogP contribution in [-0.4, -0.2) is 13.2 Å². The van der Waals surface area contributed by atoms with Crippen molar-refractivity contribution < 1.29 is 4.74 Å². The van der Waals surface area contributed by atoms with Gasteiger partial charge in [0.1, 0.15) is 5.75 Å². The Bertz CT molecular complexity index is 459. The molecular formula is C17H27NO. The van der Waals surface area contributed by atoms with Gasteiger partial charge in [0.15, 0.2) is 0 Å². The Kier molecular flexibility index (Phi) is 3.91. The van der Waals surface area contributed by atoms with Crippen LogP contribution in [0.15, 0.2) is 12.1 Å². The molecule has 1 aromatic carbocycles. The molecule has 0 saturated carbocycles. The Morgan fingerprint density at radius 3 is 2.53 bits per heavy atom. The lowest BCUT2D eigenvalue weighted by Gasteiger charge is -2.35. The third kappa shape index (κ3) is 2.79. The van der Waals surface area contributed by atoms with Crippen LogP contribution in [0, 0.1) is 0 Å². The van der Waals surface area contributed by atoms with Gasteiger partial charge in [0.05, 0.1) is 6.10 Å². The van der Waals surface area contributed by atoms with E-state index in [0.717, 1.165) is 18.6 Å². The highest BCUT2D eigenvalue weighted by atomic mass is 16.5. The lowest BCUT2D eigenvalue weighted by molar-refractivity contribution is 0.165. The highest BCUT2D eigenvalue weighted by molar-refractivity contribution is 5.50. The lowest BCUT2D eigenvalue weighted by Crippen LogP contribution is -2.31. The highest BCUT2D eigenvalue weighted by Gasteiger charge is 2.30. The molecule has 1 heterocycles. The van der Waals surface area contributed by atoms with E-state index in [1.54, 1.807) is 0 Å². The molecule has 19 heavy (non-hydrogen) atoms. The van der Waals surface area contributed by atoms with Crippen molar-refractivity contribution in [2.45, 2.75) is 65.0 Å². The fraction of sp³-hybridized carbons (Fsp3) is 0.647. The molecule has 1 aliphatic heterocycles. The number of rotatable bonds is 2. The van der Waals surface area contributed by atoms with Crippen LogP contribution in [0.2, 0.25) is 0 Å². The monoisotopic (exact) mass is 261 g/mol. The van der Waals surface area contributed by atoms with Crippen LogP contribution in [0.3, 0.4) is 0 Å². The van der Waals surface area contributed by atoms with Crippen molar-refractivity contribution in [3.05, 3.63) is 28.8 Å². The number of ether oxygens (including phenoxy) is 1. The number of hydrogen-bond donors (Lipinski definition) is 1. The Morgan fingerprint density at radius 1 is 1.32 bits per heavy atom. The van der Waals surface area contributed by atoms with Gasteiger partial charge in [-0.25, -0.2) is 0 Å². The van der Waals surface area contributed by atoms with E-state index >= 15 is 0 Å². The van der Waals surface area contributed by atoms with Crippen LogP contribution in [0.4, 0.5) is 0 Å². The van der Waals surface area contributed by atoms with E-state index in [2.05, 4.69) is 52.1 Å². The Hall–Kier alpha value is -1.02. The maximum atomic E-state index is 6.18. The van der Waals surface area contributed by atoms with Crippen molar-refractivity contribution in [1.29, 1.82) is 0 Å². The van der Waals surface area contributed by atoms with Crippen molar-refractivity contribution in [3.63, 3.8) is 0 Å². The summed E-state index contributed by atoms with van der Waals surface area (Å²) < 4.78 is 6.18. The van der Waals surface area contributed by atoms with Crippen molar-refractivity contribution in [3.8, 4) is 5.75 Å². The third-order valence-electron chi connectivity index (χ3n) is 4.00. The summed E-state index contributed by atoms with van der Waals surface area (Å²) in [7, 11) is 2.04. The molecular weight excluding hydrogens is 234 g/mol. The second-order valence-corrected chi connectivity index (χ2v) is 6.67. The third-order valence-corrected chi connectivity index (χ3v) is 4.00. The Balaban J connectivity index is 2.62. The van der Waals surface area contributed by atoms with Crippen LogP contribution < -0.4 is 10.1 Å². The smallest absolute Gasteiger partial charge is 0.128 e. The molecule has 0 amide bonds. The average Bonchev–Trinajstić information content (AvgIpc) is 2.35. The summed E-state index contributed by atoms with van der Waals surface area (Å²) in [6, 6.07) is 5.05. The highest BCUT2D eigenvalue weighted by Crippen LogP contribution is 2.42. The van der Waals surface area contributed by atoms with Gasteiger partial charge in [-0.3, -0.25) is 0 Å². The fourth-order valence-corrected chi connectivity index (χ4v) is 2.85. The van der Waals surface area contributed by atoms with Crippen LogP contribution in [0.25, 0.3) is 0 Å². The van der Waals surface area contributed by atoms with Gasteiger partial charge in [-0.15, -0.1) is 0 Å². The first-order valence-electron chi connectivity index (χ1n) is 7.38. The zero-order chi connectivity index (χ0) is 14.2. The number of aryl methyl sites for hydroxylation is 1. The molecule has 0 bridgehead atoms. The molecule has 0 aromatic heterocycles. The molecule has 2 rings (SSSR count). The summed E-state index contributed by atoms with van der Waals surface area (Å²) in [5, 5.41) is 3.44. The molecule has 0 spiro atoms. The van der Waals surface area contributed by atoms with Gasteiger partial charge in [0, 0.05) is 23.6 Å². The van der Waals surface area contributed by atoms with Crippen molar-refractivity contribution in [2.24, 2.45) is 0 Å². The minimum absolute atomic E-state index is 0.116. The molecule has 0 fully saturated rings. The fourth-order valence-electron chi connectivity index (χ4n) is 2.85. The predicted octanol–water partition coefficient (Wildman–Crippen LogP) is 3.98. The van der Waals surface area contributed by atoms with Gasteiger partial charge in [0.25, 0.3) is 0 Å². The molecule has 1 N–H and O–H groups in total. The predicted molar refractivity (Wildman–Crippen MR) is 81.0 cm³/mol. The molecule has 2 unspecified atom stereocenters. The minimum atomic E-state index is 0.116. The van der Waals surface area contributed by atoms with Gasteiger partial charge in [-0.05, 0) is 31.4 Å². The van der Waals surface area contributed by atoms with Gasteiger partial charge in [-0.2, -0.15) is 0 Å². The summed E-state index contributed by atoms with van der Waals surface area (Å²) in [5.74, 6) is 1.11. The first kappa shape index (κ1) is 14.4. The zero-order valence-corrected chi connectivity index (χ0v) is 13.1. The first-order valence-corrected chi connectivity index (χ1v) is 7.38. The molecule has 1 aliphatic rings. The van der Waals surface area contributed by atoms with Crippen LogP contribution in [0.5, 0.6) is 5.75 Å². The molecule has 1 aromatic rings. The number of fused-ring (bicyclic) bond motifs is 1. The minimum Gasteiger partial charge on any atom is -0.490 e. The van der Waals surface area contributed by atoms with Crippen LogP contribution in [0.1, 0.15) is 63.8 Å². The maximum absolute atomic E-state index is 6.18. The average molecular weight is 261 g/mol. The van der Waals surface area contributed by atoms with E-state index in [9.17, 15) is 0 Å². The number of benzene rings is 1. The largest absolute Gasteiger partial charge is 0.490 e. The van der Waals surface area contributed by atoms with Gasteiger partial charge < -0.3 is 10.1 Å². The molecule has 2 heteroatoms. The molecule has 0 radical (unpaired) electrons. The SMILES string of the molecule is CCc1cc2c(c(C(C)(C)C)c1)OC(C)CC2NC. The van der Waals surface area contributed by atoms with Crippen molar-refractivity contribution in [2.75, 3.05) is 7.05 Å². The van der Waals surface area contributed by atoms with Crippen LogP contribution in [-0.2, 0) is 11.8 Å². The standard InChI is InChI=1S/C17H27NO/c1-7-12-9-13-15(18-6)8-11(2)19-16(13)14(10-12)17(3,4)5/h9-11,15,18H,7-8H2,1-6H3. The molecule has 0 aliphatic carbocycles. The second kappa shape index (κ2) is 5.16.